The van der Waals surface area contributed by atoms with Crippen LogP contribution in [0.25, 0.3) is 0 Å². The number of nitrogens with one attached hydrogen (secondary N) is 1. The number of halogens is 2. The third-order valence-electron chi connectivity index (χ3n) is 4.40. The third-order valence-corrected chi connectivity index (χ3v) is 5.25. The average molecular weight is 512 g/mol. The molecule has 31 heavy (non-hydrogen) atoms. The minimum atomic E-state index is -0.699. The van der Waals surface area contributed by atoms with Gasteiger partial charge >= 0.3 is 0 Å². The molecule has 0 saturated carbocycles. The molecule has 0 aliphatic carbocycles. The number of rotatable bonds is 8. The van der Waals surface area contributed by atoms with Gasteiger partial charge < -0.3 is 19.7 Å². The number of nitrogens with zero attached hydrogens (tertiary/aromatic N) is 1. The highest BCUT2D eigenvalue weighted by Crippen LogP contribution is 2.28. The van der Waals surface area contributed by atoms with Crippen LogP contribution in [0.5, 0.6) is 11.5 Å². The Morgan fingerprint density at radius 2 is 1.90 bits per heavy atom. The van der Waals surface area contributed by atoms with Crippen molar-refractivity contribution < 1.29 is 19.1 Å². The fourth-order valence-corrected chi connectivity index (χ4v) is 3.64. The fraction of sp³-hybridized carbons (Fsp3) is 0.391. The van der Waals surface area contributed by atoms with E-state index in [1.165, 1.54) is 4.90 Å². The molecule has 2 aromatic rings. The lowest BCUT2D eigenvalue weighted by Gasteiger charge is -2.31. The zero-order chi connectivity index (χ0) is 23.2. The highest BCUT2D eigenvalue weighted by Gasteiger charge is 2.28. The number of benzene rings is 2. The van der Waals surface area contributed by atoms with Crippen molar-refractivity contribution in [3.05, 3.63) is 57.5 Å². The van der Waals surface area contributed by atoms with Gasteiger partial charge in [0.1, 0.15) is 17.5 Å². The summed E-state index contributed by atoms with van der Waals surface area (Å²) in [6, 6.07) is 11.7. The molecule has 2 amide bonds. The van der Waals surface area contributed by atoms with Crippen LogP contribution in [-0.4, -0.2) is 42.0 Å². The molecule has 6 nitrogen and oxygen atoms in total. The molecule has 0 saturated heterocycles. The van der Waals surface area contributed by atoms with Crippen LogP contribution in [0.15, 0.2) is 46.9 Å². The van der Waals surface area contributed by atoms with E-state index in [0.29, 0.717) is 21.0 Å². The van der Waals surface area contributed by atoms with Crippen LogP contribution in [-0.2, 0) is 16.1 Å². The van der Waals surface area contributed by atoms with E-state index in [2.05, 4.69) is 21.2 Å². The number of amides is 2. The maximum atomic E-state index is 13.1. The van der Waals surface area contributed by atoms with Gasteiger partial charge in [-0.15, -0.1) is 0 Å². The second-order valence-corrected chi connectivity index (χ2v) is 9.44. The van der Waals surface area contributed by atoms with E-state index >= 15 is 0 Å². The third kappa shape index (κ3) is 7.74. The molecule has 1 atom stereocenters. The quantitative estimate of drug-likeness (QED) is 0.552. The van der Waals surface area contributed by atoms with Crippen LogP contribution in [0.1, 0.15) is 33.3 Å². The largest absolute Gasteiger partial charge is 0.497 e. The molecule has 0 aromatic heterocycles. The second kappa shape index (κ2) is 10.9. The van der Waals surface area contributed by atoms with Crippen molar-refractivity contribution in [2.45, 2.75) is 45.8 Å². The van der Waals surface area contributed by atoms with Gasteiger partial charge in [0.2, 0.25) is 5.91 Å². The van der Waals surface area contributed by atoms with Crippen molar-refractivity contribution in [1.82, 2.24) is 10.2 Å². The predicted octanol–water partition coefficient (Wildman–Crippen LogP) is 4.82. The topological polar surface area (TPSA) is 67.9 Å². The van der Waals surface area contributed by atoms with Crippen molar-refractivity contribution in [3.63, 3.8) is 0 Å². The van der Waals surface area contributed by atoms with Gasteiger partial charge in [0, 0.05) is 17.1 Å². The monoisotopic (exact) mass is 510 g/mol. The molecule has 1 N–H and O–H groups in total. The van der Waals surface area contributed by atoms with Gasteiger partial charge in [0.25, 0.3) is 5.91 Å². The first kappa shape index (κ1) is 25.0. The summed E-state index contributed by atoms with van der Waals surface area (Å²) in [4.78, 5) is 27.4. The van der Waals surface area contributed by atoms with Crippen LogP contribution in [0.3, 0.4) is 0 Å². The van der Waals surface area contributed by atoms with Crippen LogP contribution in [0.4, 0.5) is 0 Å². The highest BCUT2D eigenvalue weighted by atomic mass is 79.9. The van der Waals surface area contributed by atoms with Crippen molar-refractivity contribution in [1.29, 1.82) is 0 Å². The standard InChI is InChI=1S/C23H28BrClN2O4/c1-15(22(29)26-23(2,3)4)27(13-16-7-6-8-18(11-16)30-5)21(28)14-31-20-10-9-17(25)12-19(20)24/h6-12,15H,13-14H2,1-5H3,(H,26,29)/t15-/m1/s1. The van der Waals surface area contributed by atoms with Crippen molar-refractivity contribution in [3.8, 4) is 11.5 Å². The Labute approximate surface area is 197 Å². The van der Waals surface area contributed by atoms with Crippen molar-refractivity contribution in [2.24, 2.45) is 0 Å². The number of carbonyl (C=O) groups excluding carboxylic acids is 2. The van der Waals surface area contributed by atoms with Crippen LogP contribution < -0.4 is 14.8 Å². The first-order valence-corrected chi connectivity index (χ1v) is 11.0. The van der Waals surface area contributed by atoms with Crippen LogP contribution in [0, 0.1) is 0 Å². The normalized spacial score (nSPS) is 12.1. The molecular formula is C23H28BrClN2O4. The molecule has 2 rings (SSSR count). The molecule has 2 aromatic carbocycles. The molecule has 0 spiro atoms. The first-order chi connectivity index (χ1) is 14.5. The fourth-order valence-electron chi connectivity index (χ4n) is 2.84. The summed E-state index contributed by atoms with van der Waals surface area (Å²) in [6.07, 6.45) is 0. The Bertz CT molecular complexity index is 930. The van der Waals surface area contributed by atoms with E-state index < -0.39 is 11.6 Å². The van der Waals surface area contributed by atoms with Crippen LogP contribution >= 0.6 is 27.5 Å². The van der Waals surface area contributed by atoms with Gasteiger partial charge in [-0.3, -0.25) is 9.59 Å². The summed E-state index contributed by atoms with van der Waals surface area (Å²) < 4.78 is 11.6. The number of ether oxygens (including phenoxy) is 2. The number of carbonyl (C=O) groups is 2. The summed E-state index contributed by atoms with van der Waals surface area (Å²) in [5, 5.41) is 3.48. The minimum Gasteiger partial charge on any atom is -0.497 e. The van der Waals surface area contributed by atoms with E-state index in [0.717, 1.165) is 5.56 Å². The summed E-state index contributed by atoms with van der Waals surface area (Å²) in [6.45, 7) is 7.40. The van der Waals surface area contributed by atoms with Gasteiger partial charge in [-0.1, -0.05) is 23.7 Å². The first-order valence-electron chi connectivity index (χ1n) is 9.82. The lowest BCUT2D eigenvalue weighted by Crippen LogP contribution is -2.53. The number of hydrogen-bond acceptors (Lipinski definition) is 4. The lowest BCUT2D eigenvalue weighted by molar-refractivity contribution is -0.142. The number of methoxy groups -OCH3 is 1. The van der Waals surface area contributed by atoms with Gasteiger partial charge in [0.05, 0.1) is 11.6 Å². The minimum absolute atomic E-state index is 0.225. The summed E-state index contributed by atoms with van der Waals surface area (Å²) in [7, 11) is 1.58. The smallest absolute Gasteiger partial charge is 0.261 e. The summed E-state index contributed by atoms with van der Waals surface area (Å²) in [5.74, 6) is 0.613. The van der Waals surface area contributed by atoms with Gasteiger partial charge in [-0.2, -0.15) is 0 Å². The zero-order valence-electron chi connectivity index (χ0n) is 18.4. The van der Waals surface area contributed by atoms with E-state index in [1.54, 1.807) is 32.2 Å². The molecule has 168 valence electrons. The number of hydrogen-bond donors (Lipinski definition) is 1. The van der Waals surface area contributed by atoms with Crippen molar-refractivity contribution >= 4 is 39.3 Å². The molecule has 0 unspecified atom stereocenters. The molecule has 0 fully saturated rings. The lowest BCUT2D eigenvalue weighted by atomic mass is 10.1. The van der Waals surface area contributed by atoms with E-state index in [1.807, 2.05) is 45.0 Å². The van der Waals surface area contributed by atoms with Gasteiger partial charge in [-0.05, 0) is 79.5 Å². The maximum absolute atomic E-state index is 13.1. The molecule has 0 radical (unpaired) electrons. The van der Waals surface area contributed by atoms with E-state index in [4.69, 9.17) is 21.1 Å². The van der Waals surface area contributed by atoms with Gasteiger partial charge in [0.15, 0.2) is 6.61 Å². The van der Waals surface area contributed by atoms with Crippen molar-refractivity contribution in [2.75, 3.05) is 13.7 Å². The Morgan fingerprint density at radius 1 is 1.19 bits per heavy atom. The molecule has 0 aliphatic rings. The Morgan fingerprint density at radius 3 is 2.52 bits per heavy atom. The molecular weight excluding hydrogens is 484 g/mol. The summed E-state index contributed by atoms with van der Waals surface area (Å²) >= 11 is 9.34. The SMILES string of the molecule is COc1cccc(CN(C(=O)COc2ccc(Cl)cc2Br)[C@H](C)C(=O)NC(C)(C)C)c1. The molecule has 8 heteroatoms. The zero-order valence-corrected chi connectivity index (χ0v) is 20.7. The second-order valence-electron chi connectivity index (χ2n) is 8.15. The van der Waals surface area contributed by atoms with Gasteiger partial charge in [-0.25, -0.2) is 0 Å². The molecule has 0 bridgehead atoms. The Hall–Kier alpha value is -2.25. The van der Waals surface area contributed by atoms with Crippen LogP contribution in [0.2, 0.25) is 5.02 Å². The van der Waals surface area contributed by atoms with E-state index in [-0.39, 0.29) is 25.0 Å². The summed E-state index contributed by atoms with van der Waals surface area (Å²) in [5.41, 5.74) is 0.427. The Kier molecular flexibility index (Phi) is 8.77. The highest BCUT2D eigenvalue weighted by molar-refractivity contribution is 9.10. The van der Waals surface area contributed by atoms with E-state index in [9.17, 15) is 9.59 Å². The molecule has 0 heterocycles. The average Bonchev–Trinajstić information content (AvgIpc) is 2.69. The maximum Gasteiger partial charge on any atom is 0.261 e. The molecule has 0 aliphatic heterocycles. The Balaban J connectivity index is 2.22. The predicted molar refractivity (Wildman–Crippen MR) is 126 cm³/mol.